The zero-order valence-corrected chi connectivity index (χ0v) is 12.4. The summed E-state index contributed by atoms with van der Waals surface area (Å²) in [5, 5.41) is 6.85. The quantitative estimate of drug-likeness (QED) is 0.856. The van der Waals surface area contributed by atoms with Crippen LogP contribution in [0.15, 0.2) is 29.0 Å². The highest BCUT2D eigenvalue weighted by Gasteiger charge is 2.11. The van der Waals surface area contributed by atoms with Gasteiger partial charge in [0.25, 0.3) is 5.91 Å². The molecule has 1 amide bonds. The molecule has 0 unspecified atom stereocenters. The molecule has 0 aliphatic carbocycles. The van der Waals surface area contributed by atoms with Crippen molar-refractivity contribution in [1.82, 2.24) is 5.32 Å². The molecule has 3 nitrogen and oxygen atoms in total. The van der Waals surface area contributed by atoms with Crippen LogP contribution in [-0.4, -0.2) is 12.5 Å². The number of nitrogens with one attached hydrogen (secondary N) is 1. The molecule has 0 saturated carbocycles. The van der Waals surface area contributed by atoms with Crippen molar-refractivity contribution in [2.75, 3.05) is 6.54 Å². The molecule has 0 radical (unpaired) electrons. The highest BCUT2D eigenvalue weighted by Crippen LogP contribution is 2.14. The van der Waals surface area contributed by atoms with E-state index in [1.807, 2.05) is 17.7 Å². The normalized spacial score (nSPS) is 9.86. The molecular formula is C16H15FN2OS. The Hall–Kier alpha value is -2.16. The third-order valence-corrected chi connectivity index (χ3v) is 3.86. The molecule has 0 bridgehead atoms. The summed E-state index contributed by atoms with van der Waals surface area (Å²) in [7, 11) is 0. The molecule has 21 heavy (non-hydrogen) atoms. The zero-order valence-electron chi connectivity index (χ0n) is 11.6. The van der Waals surface area contributed by atoms with Gasteiger partial charge in [0.1, 0.15) is 5.82 Å². The molecule has 0 spiro atoms. The van der Waals surface area contributed by atoms with Crippen LogP contribution in [-0.2, 0) is 6.54 Å². The fourth-order valence-corrected chi connectivity index (χ4v) is 2.66. The summed E-state index contributed by atoms with van der Waals surface area (Å²) in [5.41, 5.74) is 8.23. The molecule has 5 heteroatoms. The number of nitrogens with two attached hydrogens (primary N) is 1. The molecule has 0 fully saturated rings. The summed E-state index contributed by atoms with van der Waals surface area (Å²) in [6.45, 7) is 2.59. The average Bonchev–Trinajstić information content (AvgIpc) is 2.88. The van der Waals surface area contributed by atoms with Crippen molar-refractivity contribution in [2.45, 2.75) is 13.5 Å². The van der Waals surface area contributed by atoms with Crippen molar-refractivity contribution < 1.29 is 9.18 Å². The molecule has 108 valence electrons. The minimum Gasteiger partial charge on any atom is -0.348 e. The number of amides is 1. The van der Waals surface area contributed by atoms with E-state index in [-0.39, 0.29) is 12.5 Å². The Morgan fingerprint density at radius 1 is 1.43 bits per heavy atom. The number of carbonyl (C=O) groups excluding carboxylic acids is 1. The summed E-state index contributed by atoms with van der Waals surface area (Å²) >= 11 is 1.59. The molecule has 0 atom stereocenters. The van der Waals surface area contributed by atoms with E-state index in [1.165, 1.54) is 18.2 Å². The topological polar surface area (TPSA) is 55.1 Å². The van der Waals surface area contributed by atoms with Crippen LogP contribution in [0.1, 0.15) is 27.0 Å². The molecule has 2 rings (SSSR count). The standard InChI is InChI=1S/C16H15FN2OS/c1-11-9-21-10-13(11)8-19-16(20)15-5-4-14(17)7-12(15)3-2-6-18/h4-5,7,9-10H,6,8,18H2,1H3,(H,19,20). The largest absolute Gasteiger partial charge is 0.348 e. The lowest BCUT2D eigenvalue weighted by atomic mass is 10.1. The summed E-state index contributed by atoms with van der Waals surface area (Å²) in [4.78, 5) is 12.2. The number of halogens is 1. The molecule has 0 aliphatic rings. The van der Waals surface area contributed by atoms with Gasteiger partial charge in [0.2, 0.25) is 0 Å². The van der Waals surface area contributed by atoms with Crippen molar-refractivity contribution in [3.8, 4) is 11.8 Å². The third-order valence-electron chi connectivity index (χ3n) is 2.95. The summed E-state index contributed by atoms with van der Waals surface area (Å²) < 4.78 is 13.3. The van der Waals surface area contributed by atoms with Crippen LogP contribution in [0, 0.1) is 24.6 Å². The highest BCUT2D eigenvalue weighted by molar-refractivity contribution is 7.08. The minimum atomic E-state index is -0.429. The lowest BCUT2D eigenvalue weighted by Gasteiger charge is -2.07. The smallest absolute Gasteiger partial charge is 0.252 e. The molecule has 0 saturated heterocycles. The molecular weight excluding hydrogens is 287 g/mol. The molecule has 1 heterocycles. The molecule has 2 aromatic rings. The maximum absolute atomic E-state index is 13.3. The van der Waals surface area contributed by atoms with E-state index in [1.54, 1.807) is 11.3 Å². The molecule has 3 N–H and O–H groups in total. The fourth-order valence-electron chi connectivity index (χ4n) is 1.80. The number of carbonyl (C=O) groups is 1. The van der Waals surface area contributed by atoms with Crippen LogP contribution in [0.3, 0.4) is 0 Å². The van der Waals surface area contributed by atoms with Gasteiger partial charge in [-0.2, -0.15) is 11.3 Å². The van der Waals surface area contributed by atoms with Crippen LogP contribution in [0.4, 0.5) is 4.39 Å². The van der Waals surface area contributed by atoms with Gasteiger partial charge in [-0.15, -0.1) is 0 Å². The summed E-state index contributed by atoms with van der Waals surface area (Å²) in [6.07, 6.45) is 0. The second-order valence-electron chi connectivity index (χ2n) is 4.46. The van der Waals surface area contributed by atoms with Crippen LogP contribution in [0.2, 0.25) is 0 Å². The first-order valence-corrected chi connectivity index (χ1v) is 7.34. The van der Waals surface area contributed by atoms with Crippen molar-refractivity contribution in [3.63, 3.8) is 0 Å². The van der Waals surface area contributed by atoms with E-state index in [0.717, 1.165) is 11.1 Å². The van der Waals surface area contributed by atoms with Gasteiger partial charge in [-0.1, -0.05) is 11.8 Å². The first kappa shape index (κ1) is 15.2. The highest BCUT2D eigenvalue weighted by atomic mass is 32.1. The molecule has 1 aromatic heterocycles. The number of rotatable bonds is 3. The Bertz CT molecular complexity index is 713. The first-order valence-electron chi connectivity index (χ1n) is 6.40. The molecule has 0 aliphatic heterocycles. The third kappa shape index (κ3) is 3.91. The zero-order chi connectivity index (χ0) is 15.2. The van der Waals surface area contributed by atoms with Gasteiger partial charge in [0, 0.05) is 12.1 Å². The van der Waals surface area contributed by atoms with E-state index in [2.05, 4.69) is 17.2 Å². The Labute approximate surface area is 127 Å². The van der Waals surface area contributed by atoms with Crippen molar-refractivity contribution in [3.05, 3.63) is 57.0 Å². The second-order valence-corrected chi connectivity index (χ2v) is 5.20. The summed E-state index contributed by atoms with van der Waals surface area (Å²) in [5.74, 6) is 4.66. The predicted octanol–water partition coefficient (Wildman–Crippen LogP) is 2.44. The second kappa shape index (κ2) is 7.02. The van der Waals surface area contributed by atoms with E-state index in [9.17, 15) is 9.18 Å². The number of hydrogen-bond donors (Lipinski definition) is 2. The van der Waals surface area contributed by atoms with E-state index in [0.29, 0.717) is 17.7 Å². The Morgan fingerprint density at radius 2 is 2.24 bits per heavy atom. The van der Waals surface area contributed by atoms with Crippen molar-refractivity contribution in [1.29, 1.82) is 0 Å². The molecule has 1 aromatic carbocycles. The van der Waals surface area contributed by atoms with Gasteiger partial charge in [0.15, 0.2) is 0 Å². The maximum atomic E-state index is 13.3. The van der Waals surface area contributed by atoms with Gasteiger partial charge in [-0.05, 0) is 47.0 Å². The lowest BCUT2D eigenvalue weighted by molar-refractivity contribution is 0.0950. The summed E-state index contributed by atoms with van der Waals surface area (Å²) in [6, 6.07) is 3.93. The number of hydrogen-bond acceptors (Lipinski definition) is 3. The van der Waals surface area contributed by atoms with Crippen molar-refractivity contribution in [2.24, 2.45) is 5.73 Å². The SMILES string of the molecule is Cc1cscc1CNC(=O)c1ccc(F)cc1C#CCN. The van der Waals surface area contributed by atoms with Gasteiger partial charge >= 0.3 is 0 Å². The van der Waals surface area contributed by atoms with E-state index >= 15 is 0 Å². The van der Waals surface area contributed by atoms with Gasteiger partial charge in [-0.3, -0.25) is 4.79 Å². The number of thiophene rings is 1. The first-order chi connectivity index (χ1) is 10.1. The van der Waals surface area contributed by atoms with Gasteiger partial charge < -0.3 is 11.1 Å². The van der Waals surface area contributed by atoms with E-state index < -0.39 is 5.82 Å². The lowest BCUT2D eigenvalue weighted by Crippen LogP contribution is -2.23. The predicted molar refractivity (Wildman–Crippen MR) is 82.6 cm³/mol. The fraction of sp³-hybridized carbons (Fsp3) is 0.188. The van der Waals surface area contributed by atoms with Crippen molar-refractivity contribution >= 4 is 17.2 Å². The van der Waals surface area contributed by atoms with Crippen LogP contribution >= 0.6 is 11.3 Å². The maximum Gasteiger partial charge on any atom is 0.252 e. The average molecular weight is 302 g/mol. The number of aryl methyl sites for hydroxylation is 1. The van der Waals surface area contributed by atoms with E-state index in [4.69, 9.17) is 5.73 Å². The van der Waals surface area contributed by atoms with Gasteiger partial charge in [-0.25, -0.2) is 4.39 Å². The Balaban J connectivity index is 2.17. The van der Waals surface area contributed by atoms with Crippen LogP contribution in [0.25, 0.3) is 0 Å². The Morgan fingerprint density at radius 3 is 2.90 bits per heavy atom. The van der Waals surface area contributed by atoms with Crippen LogP contribution < -0.4 is 11.1 Å². The van der Waals surface area contributed by atoms with Crippen LogP contribution in [0.5, 0.6) is 0 Å². The monoisotopic (exact) mass is 302 g/mol. The van der Waals surface area contributed by atoms with Gasteiger partial charge in [0.05, 0.1) is 12.1 Å². The minimum absolute atomic E-state index is 0.158. The number of benzene rings is 1. The Kier molecular flexibility index (Phi) is 5.09.